The molecule has 2 nitrogen and oxygen atoms in total. The summed E-state index contributed by atoms with van der Waals surface area (Å²) in [6, 6.07) is 0. The van der Waals surface area contributed by atoms with Gasteiger partial charge in [0.15, 0.2) is 0 Å². The molecule has 0 amide bonds. The molecule has 0 bridgehead atoms. The molecule has 1 heterocycles. The average molecular weight is 340 g/mol. The zero-order valence-electron chi connectivity index (χ0n) is 17.4. The maximum atomic E-state index is 6.30. The van der Waals surface area contributed by atoms with E-state index >= 15 is 0 Å². The zero-order chi connectivity index (χ0) is 17.8. The Kier molecular flexibility index (Phi) is 12.0. The van der Waals surface area contributed by atoms with Crippen molar-refractivity contribution in [3.8, 4) is 0 Å². The molecule has 0 N–H and O–H groups in total. The Balaban J connectivity index is 2.10. The van der Waals surface area contributed by atoms with Gasteiger partial charge in [0.25, 0.3) is 0 Å². The van der Waals surface area contributed by atoms with Crippen LogP contribution in [0.5, 0.6) is 0 Å². The average Bonchev–Trinajstić information content (AvgIpc) is 2.58. The molecule has 0 aromatic heterocycles. The van der Waals surface area contributed by atoms with Crippen molar-refractivity contribution in [2.45, 2.75) is 111 Å². The first-order valence-corrected chi connectivity index (χ1v) is 10.9. The van der Waals surface area contributed by atoms with Crippen molar-refractivity contribution in [3.63, 3.8) is 0 Å². The van der Waals surface area contributed by atoms with Crippen LogP contribution in [0.3, 0.4) is 0 Å². The third-order valence-electron chi connectivity index (χ3n) is 5.84. The van der Waals surface area contributed by atoms with Crippen LogP contribution in [0.2, 0.25) is 0 Å². The van der Waals surface area contributed by atoms with Gasteiger partial charge in [-0.15, -0.1) is 0 Å². The minimum atomic E-state index is 0.438. The highest BCUT2D eigenvalue weighted by molar-refractivity contribution is 4.75. The van der Waals surface area contributed by atoms with E-state index in [-0.39, 0.29) is 0 Å². The molecule has 1 saturated heterocycles. The summed E-state index contributed by atoms with van der Waals surface area (Å²) in [6.07, 6.45) is 14.2. The quantitative estimate of drug-likeness (QED) is 0.366. The number of rotatable bonds is 13. The number of ether oxygens (including phenoxy) is 1. The smallest absolute Gasteiger partial charge is 0.0603 e. The molecule has 0 radical (unpaired) electrons. The molecule has 0 aliphatic carbocycles. The fraction of sp³-hybridized carbons (Fsp3) is 1.00. The van der Waals surface area contributed by atoms with Gasteiger partial charge in [0.1, 0.15) is 0 Å². The number of hydrogen-bond donors (Lipinski definition) is 0. The molecule has 1 fully saturated rings. The Hall–Kier alpha value is -0.0800. The summed E-state index contributed by atoms with van der Waals surface area (Å²) in [4.78, 5) is 2.67. The van der Waals surface area contributed by atoms with Crippen LogP contribution in [0.15, 0.2) is 0 Å². The number of nitrogens with zero attached hydrogens (tertiary/aromatic N) is 1. The predicted molar refractivity (Wildman–Crippen MR) is 107 cm³/mol. The van der Waals surface area contributed by atoms with Crippen LogP contribution in [0.4, 0.5) is 0 Å². The first kappa shape index (κ1) is 22.0. The topological polar surface area (TPSA) is 12.5 Å². The monoisotopic (exact) mass is 339 g/mol. The van der Waals surface area contributed by atoms with Crippen LogP contribution in [-0.4, -0.2) is 36.7 Å². The van der Waals surface area contributed by atoms with Crippen LogP contribution in [0.1, 0.15) is 98.8 Å². The standard InChI is InChI=1S/C22H45NO/c1-6-8-9-10-11-20(4)18-23-16-14-22(15-17-23)24-21(5)13-12-19(3)7-2/h19-22H,6-18H2,1-5H3/t19?,20?,21-/m0/s1. The molecule has 24 heavy (non-hydrogen) atoms. The molecule has 3 atom stereocenters. The van der Waals surface area contributed by atoms with Gasteiger partial charge in [-0.25, -0.2) is 0 Å². The highest BCUT2D eigenvalue weighted by Crippen LogP contribution is 2.21. The van der Waals surface area contributed by atoms with E-state index < -0.39 is 0 Å². The highest BCUT2D eigenvalue weighted by Gasteiger charge is 2.22. The van der Waals surface area contributed by atoms with E-state index in [1.54, 1.807) is 0 Å². The second-order valence-corrected chi connectivity index (χ2v) is 8.49. The fourth-order valence-corrected chi connectivity index (χ4v) is 3.80. The molecule has 0 saturated carbocycles. The van der Waals surface area contributed by atoms with E-state index in [1.165, 1.54) is 83.8 Å². The summed E-state index contributed by atoms with van der Waals surface area (Å²) in [5.41, 5.74) is 0. The van der Waals surface area contributed by atoms with Crippen molar-refractivity contribution in [1.82, 2.24) is 4.90 Å². The van der Waals surface area contributed by atoms with Crippen LogP contribution in [0.25, 0.3) is 0 Å². The number of unbranched alkanes of at least 4 members (excludes halogenated alkanes) is 3. The summed E-state index contributed by atoms with van der Waals surface area (Å²) < 4.78 is 6.30. The second kappa shape index (κ2) is 13.2. The van der Waals surface area contributed by atoms with E-state index in [4.69, 9.17) is 4.74 Å². The molecule has 1 aliphatic rings. The molecule has 0 spiro atoms. The maximum absolute atomic E-state index is 6.30. The van der Waals surface area contributed by atoms with Crippen molar-refractivity contribution < 1.29 is 4.74 Å². The Labute approximate surface area is 152 Å². The van der Waals surface area contributed by atoms with E-state index in [0.717, 1.165) is 11.8 Å². The number of piperidine rings is 1. The third-order valence-corrected chi connectivity index (χ3v) is 5.84. The summed E-state index contributed by atoms with van der Waals surface area (Å²) >= 11 is 0. The molecule has 144 valence electrons. The first-order valence-electron chi connectivity index (χ1n) is 10.9. The number of hydrogen-bond acceptors (Lipinski definition) is 2. The van der Waals surface area contributed by atoms with E-state index in [1.807, 2.05) is 0 Å². The summed E-state index contributed by atoms with van der Waals surface area (Å²) in [5, 5.41) is 0. The second-order valence-electron chi connectivity index (χ2n) is 8.49. The zero-order valence-corrected chi connectivity index (χ0v) is 17.4. The van der Waals surface area contributed by atoms with Crippen molar-refractivity contribution >= 4 is 0 Å². The van der Waals surface area contributed by atoms with Crippen molar-refractivity contribution in [1.29, 1.82) is 0 Å². The van der Waals surface area contributed by atoms with Crippen LogP contribution >= 0.6 is 0 Å². The molecule has 2 heteroatoms. The van der Waals surface area contributed by atoms with Gasteiger partial charge < -0.3 is 9.64 Å². The first-order chi connectivity index (χ1) is 11.5. The Morgan fingerprint density at radius 1 is 0.875 bits per heavy atom. The lowest BCUT2D eigenvalue weighted by Crippen LogP contribution is -2.40. The van der Waals surface area contributed by atoms with Crippen molar-refractivity contribution in [2.75, 3.05) is 19.6 Å². The normalized spacial score (nSPS) is 20.9. The van der Waals surface area contributed by atoms with Gasteiger partial charge in [0.2, 0.25) is 0 Å². The minimum Gasteiger partial charge on any atom is -0.375 e. The number of likely N-dealkylation sites (tertiary alicyclic amines) is 1. The lowest BCUT2D eigenvalue weighted by Gasteiger charge is -2.34. The third kappa shape index (κ3) is 10.0. The molecule has 1 aliphatic heterocycles. The van der Waals surface area contributed by atoms with Gasteiger partial charge in [-0.05, 0) is 50.9 Å². The van der Waals surface area contributed by atoms with Crippen LogP contribution in [0, 0.1) is 11.8 Å². The fourth-order valence-electron chi connectivity index (χ4n) is 3.80. The van der Waals surface area contributed by atoms with E-state index in [9.17, 15) is 0 Å². The Morgan fingerprint density at radius 3 is 2.21 bits per heavy atom. The van der Waals surface area contributed by atoms with Gasteiger partial charge in [0.05, 0.1) is 12.2 Å². The summed E-state index contributed by atoms with van der Waals surface area (Å²) in [5.74, 6) is 1.70. The van der Waals surface area contributed by atoms with Crippen LogP contribution < -0.4 is 0 Å². The van der Waals surface area contributed by atoms with Gasteiger partial charge in [-0.2, -0.15) is 0 Å². The van der Waals surface area contributed by atoms with Gasteiger partial charge in [-0.3, -0.25) is 0 Å². The van der Waals surface area contributed by atoms with E-state index in [2.05, 4.69) is 39.5 Å². The Morgan fingerprint density at radius 2 is 1.58 bits per heavy atom. The van der Waals surface area contributed by atoms with Gasteiger partial charge in [-0.1, -0.05) is 59.8 Å². The molecular formula is C22H45NO. The molecule has 2 unspecified atom stereocenters. The van der Waals surface area contributed by atoms with Gasteiger partial charge >= 0.3 is 0 Å². The largest absolute Gasteiger partial charge is 0.375 e. The minimum absolute atomic E-state index is 0.438. The molecule has 0 aromatic carbocycles. The molecule has 0 aromatic rings. The van der Waals surface area contributed by atoms with Crippen LogP contribution in [-0.2, 0) is 4.74 Å². The summed E-state index contributed by atoms with van der Waals surface area (Å²) in [7, 11) is 0. The van der Waals surface area contributed by atoms with E-state index in [0.29, 0.717) is 12.2 Å². The molecule has 1 rings (SSSR count). The lowest BCUT2D eigenvalue weighted by molar-refractivity contribution is -0.0407. The maximum Gasteiger partial charge on any atom is 0.0603 e. The highest BCUT2D eigenvalue weighted by atomic mass is 16.5. The van der Waals surface area contributed by atoms with Crippen molar-refractivity contribution in [2.24, 2.45) is 11.8 Å². The van der Waals surface area contributed by atoms with Crippen molar-refractivity contribution in [3.05, 3.63) is 0 Å². The SMILES string of the molecule is CCCCCCC(C)CN1CCC(O[C@@H](C)CCC(C)CC)CC1. The lowest BCUT2D eigenvalue weighted by atomic mass is 9.99. The van der Waals surface area contributed by atoms with Gasteiger partial charge in [0, 0.05) is 19.6 Å². The molecular weight excluding hydrogens is 294 g/mol. The predicted octanol–water partition coefficient (Wildman–Crippen LogP) is 6.29. The Bertz CT molecular complexity index is 286. The summed E-state index contributed by atoms with van der Waals surface area (Å²) in [6.45, 7) is 15.4.